The number of ether oxygens (including phenoxy) is 2. The van der Waals surface area contributed by atoms with Crippen molar-refractivity contribution in [2.45, 2.75) is 45.3 Å². The van der Waals surface area contributed by atoms with Crippen molar-refractivity contribution in [2.24, 2.45) is 0 Å². The number of nitrogens with one attached hydrogen (secondary N) is 2. The molecule has 1 aromatic rings. The normalized spacial score (nSPS) is 23.9. The molecule has 126 valence electrons. The van der Waals surface area contributed by atoms with E-state index in [1.807, 2.05) is 24.3 Å². The van der Waals surface area contributed by atoms with Gasteiger partial charge in [0.05, 0.1) is 13.2 Å². The lowest BCUT2D eigenvalue weighted by Gasteiger charge is -2.36. The van der Waals surface area contributed by atoms with Crippen LogP contribution in [0, 0.1) is 0 Å². The Hall–Kier alpha value is -2.08. The Kier molecular flexibility index (Phi) is 5.60. The number of anilines is 2. The second-order valence-corrected chi connectivity index (χ2v) is 5.90. The highest BCUT2D eigenvalue weighted by Crippen LogP contribution is 2.29. The first-order valence-corrected chi connectivity index (χ1v) is 7.88. The summed E-state index contributed by atoms with van der Waals surface area (Å²) in [6.07, 6.45) is 1.34. The molecule has 1 aliphatic rings. The highest BCUT2D eigenvalue weighted by atomic mass is 16.6. The van der Waals surface area contributed by atoms with Gasteiger partial charge in [0.15, 0.2) is 5.60 Å². The first-order valence-electron chi connectivity index (χ1n) is 7.88. The van der Waals surface area contributed by atoms with Gasteiger partial charge in [0.1, 0.15) is 0 Å². The number of hydrogen-bond acceptors (Lipinski definition) is 5. The second-order valence-electron chi connectivity index (χ2n) is 5.90. The predicted molar refractivity (Wildman–Crippen MR) is 88.4 cm³/mol. The summed E-state index contributed by atoms with van der Waals surface area (Å²) in [5, 5.41) is 6.16. The summed E-state index contributed by atoms with van der Waals surface area (Å²) in [4.78, 5) is 23.2. The van der Waals surface area contributed by atoms with E-state index in [1.54, 1.807) is 13.8 Å². The summed E-state index contributed by atoms with van der Waals surface area (Å²) in [6, 6.07) is 7.61. The molecular weight excluding hydrogens is 296 g/mol. The fourth-order valence-corrected chi connectivity index (χ4v) is 2.73. The number of carbonyl (C=O) groups excluding carboxylic acids is 2. The molecule has 2 N–H and O–H groups in total. The van der Waals surface area contributed by atoms with Crippen LogP contribution < -0.4 is 10.6 Å². The Balaban J connectivity index is 2.02. The number of esters is 1. The number of amides is 1. The van der Waals surface area contributed by atoms with Crippen molar-refractivity contribution in [3.8, 4) is 0 Å². The minimum absolute atomic E-state index is 0.103. The molecule has 0 radical (unpaired) electrons. The van der Waals surface area contributed by atoms with E-state index in [9.17, 15) is 9.59 Å². The fraction of sp³-hybridized carbons (Fsp3) is 0.529. The molecule has 1 saturated heterocycles. The van der Waals surface area contributed by atoms with Crippen LogP contribution in [0.1, 0.15) is 33.6 Å². The fourth-order valence-electron chi connectivity index (χ4n) is 2.73. The smallest absolute Gasteiger partial charge is 0.338 e. The van der Waals surface area contributed by atoms with Crippen molar-refractivity contribution < 1.29 is 19.1 Å². The van der Waals surface area contributed by atoms with E-state index in [0.29, 0.717) is 19.6 Å². The zero-order valence-electron chi connectivity index (χ0n) is 13.8. The van der Waals surface area contributed by atoms with Crippen LogP contribution in [0.25, 0.3) is 0 Å². The number of rotatable bonds is 5. The van der Waals surface area contributed by atoms with E-state index in [2.05, 4.69) is 10.6 Å². The average Bonchev–Trinajstić information content (AvgIpc) is 2.47. The van der Waals surface area contributed by atoms with Crippen molar-refractivity contribution in [1.82, 2.24) is 0 Å². The molecule has 23 heavy (non-hydrogen) atoms. The van der Waals surface area contributed by atoms with Crippen molar-refractivity contribution in [2.75, 3.05) is 23.8 Å². The van der Waals surface area contributed by atoms with Crippen LogP contribution in [-0.4, -0.2) is 36.7 Å². The highest BCUT2D eigenvalue weighted by molar-refractivity contribution is 5.89. The molecule has 0 spiro atoms. The van der Waals surface area contributed by atoms with Crippen LogP contribution >= 0.6 is 0 Å². The van der Waals surface area contributed by atoms with Gasteiger partial charge in [-0.25, -0.2) is 4.79 Å². The quantitative estimate of drug-likeness (QED) is 0.815. The largest absolute Gasteiger partial charge is 0.464 e. The molecule has 2 atom stereocenters. The van der Waals surface area contributed by atoms with Crippen LogP contribution in [0.5, 0.6) is 0 Å². The lowest BCUT2D eigenvalue weighted by Crippen LogP contribution is -2.48. The lowest BCUT2D eigenvalue weighted by molar-refractivity contribution is -0.175. The maximum Gasteiger partial charge on any atom is 0.338 e. The molecule has 0 bridgehead atoms. The van der Waals surface area contributed by atoms with E-state index in [1.165, 1.54) is 6.92 Å². The second kappa shape index (κ2) is 7.46. The van der Waals surface area contributed by atoms with E-state index in [0.717, 1.165) is 17.8 Å². The minimum Gasteiger partial charge on any atom is -0.464 e. The molecule has 1 heterocycles. The maximum absolute atomic E-state index is 12.1. The molecule has 0 aliphatic carbocycles. The van der Waals surface area contributed by atoms with Crippen molar-refractivity contribution in [3.05, 3.63) is 24.3 Å². The van der Waals surface area contributed by atoms with E-state index < -0.39 is 5.60 Å². The van der Waals surface area contributed by atoms with Gasteiger partial charge in [-0.05, 0) is 38.5 Å². The first-order chi connectivity index (χ1) is 10.9. The van der Waals surface area contributed by atoms with Gasteiger partial charge in [-0.3, -0.25) is 4.79 Å². The molecule has 2 rings (SSSR count). The standard InChI is InChI=1S/C17H24N2O4/c1-4-22-16(21)17(3)11-15(8-9-23-17)19-14-7-5-6-13(10-14)18-12(2)20/h5-7,10,15,19H,4,8-9,11H2,1-3H3,(H,18,20). The highest BCUT2D eigenvalue weighted by Gasteiger charge is 2.41. The number of hydrogen-bond donors (Lipinski definition) is 2. The van der Waals surface area contributed by atoms with E-state index >= 15 is 0 Å². The molecule has 6 heteroatoms. The van der Waals surface area contributed by atoms with Gasteiger partial charge in [0, 0.05) is 30.8 Å². The van der Waals surface area contributed by atoms with Crippen molar-refractivity contribution in [1.29, 1.82) is 0 Å². The summed E-state index contributed by atoms with van der Waals surface area (Å²) in [6.45, 7) is 5.87. The number of carbonyl (C=O) groups is 2. The number of benzene rings is 1. The Bertz CT molecular complexity index is 575. The van der Waals surface area contributed by atoms with Crippen molar-refractivity contribution in [3.63, 3.8) is 0 Å². The van der Waals surface area contributed by atoms with Gasteiger partial charge in [-0.15, -0.1) is 0 Å². The van der Waals surface area contributed by atoms with Crippen LogP contribution in [0.15, 0.2) is 24.3 Å². The summed E-state index contributed by atoms with van der Waals surface area (Å²) in [5.41, 5.74) is 0.721. The third-order valence-electron chi connectivity index (χ3n) is 3.78. The Morgan fingerprint density at radius 3 is 2.83 bits per heavy atom. The third kappa shape index (κ3) is 4.69. The molecular formula is C17H24N2O4. The first kappa shape index (κ1) is 17.3. The predicted octanol–water partition coefficient (Wildman–Crippen LogP) is 2.56. The zero-order chi connectivity index (χ0) is 16.9. The third-order valence-corrected chi connectivity index (χ3v) is 3.78. The van der Waals surface area contributed by atoms with Gasteiger partial charge in [-0.2, -0.15) is 0 Å². The molecule has 1 aromatic carbocycles. The topological polar surface area (TPSA) is 76.7 Å². The maximum atomic E-state index is 12.1. The molecule has 2 unspecified atom stereocenters. The summed E-state index contributed by atoms with van der Waals surface area (Å²) in [5.74, 6) is -0.429. The Morgan fingerprint density at radius 2 is 2.13 bits per heavy atom. The molecule has 1 fully saturated rings. The van der Waals surface area contributed by atoms with E-state index in [4.69, 9.17) is 9.47 Å². The Labute approximate surface area is 136 Å². The SMILES string of the molecule is CCOC(=O)C1(C)CC(Nc2cccc(NC(C)=O)c2)CCO1. The van der Waals surface area contributed by atoms with Crippen LogP contribution in [0.2, 0.25) is 0 Å². The van der Waals surface area contributed by atoms with Crippen LogP contribution in [0.3, 0.4) is 0 Å². The monoisotopic (exact) mass is 320 g/mol. The minimum atomic E-state index is -0.916. The molecule has 1 amide bonds. The molecule has 6 nitrogen and oxygen atoms in total. The van der Waals surface area contributed by atoms with Crippen LogP contribution in [0.4, 0.5) is 11.4 Å². The molecule has 0 aromatic heterocycles. The molecule has 0 saturated carbocycles. The zero-order valence-corrected chi connectivity index (χ0v) is 13.8. The van der Waals surface area contributed by atoms with Gasteiger partial charge >= 0.3 is 5.97 Å². The summed E-state index contributed by atoms with van der Waals surface area (Å²) >= 11 is 0. The molecule has 1 aliphatic heterocycles. The summed E-state index contributed by atoms with van der Waals surface area (Å²) < 4.78 is 10.8. The lowest BCUT2D eigenvalue weighted by atomic mass is 9.92. The van der Waals surface area contributed by atoms with E-state index in [-0.39, 0.29) is 17.9 Å². The van der Waals surface area contributed by atoms with Gasteiger partial charge < -0.3 is 20.1 Å². The Morgan fingerprint density at radius 1 is 1.39 bits per heavy atom. The summed E-state index contributed by atoms with van der Waals surface area (Å²) in [7, 11) is 0. The van der Waals surface area contributed by atoms with Gasteiger partial charge in [0.2, 0.25) is 5.91 Å². The average molecular weight is 320 g/mol. The van der Waals surface area contributed by atoms with Gasteiger partial charge in [-0.1, -0.05) is 6.07 Å². The van der Waals surface area contributed by atoms with Gasteiger partial charge in [0.25, 0.3) is 0 Å². The van der Waals surface area contributed by atoms with Crippen LogP contribution in [-0.2, 0) is 19.1 Å². The van der Waals surface area contributed by atoms with Crippen molar-refractivity contribution >= 4 is 23.3 Å².